The minimum Gasteiger partial charge on any atom is -0.508 e. The van der Waals surface area contributed by atoms with Crippen molar-refractivity contribution in [3.63, 3.8) is 0 Å². The molecule has 5 rings (SSSR count). The molecule has 0 saturated heterocycles. The smallest absolute Gasteiger partial charge is 0.256 e. The summed E-state index contributed by atoms with van der Waals surface area (Å²) in [4.78, 5) is 16.6. The predicted molar refractivity (Wildman–Crippen MR) is 129 cm³/mol. The number of thiophene rings is 1. The van der Waals surface area contributed by atoms with Gasteiger partial charge in [0.1, 0.15) is 16.9 Å². The largest absolute Gasteiger partial charge is 0.508 e. The summed E-state index contributed by atoms with van der Waals surface area (Å²) in [6.07, 6.45) is 0.337. The second-order valence-electron chi connectivity index (χ2n) is 7.80. The summed E-state index contributed by atoms with van der Waals surface area (Å²) in [5.41, 5.74) is 3.76. The molecule has 3 heterocycles. The van der Waals surface area contributed by atoms with Crippen LogP contribution in [0.2, 0.25) is 0 Å². The van der Waals surface area contributed by atoms with E-state index in [0.717, 1.165) is 46.7 Å². The summed E-state index contributed by atoms with van der Waals surface area (Å²) in [5, 5.41) is 26.3. The van der Waals surface area contributed by atoms with Crippen molar-refractivity contribution < 1.29 is 9.90 Å². The first-order valence-electron chi connectivity index (χ1n) is 10.5. The molecule has 0 unspecified atom stereocenters. The van der Waals surface area contributed by atoms with Crippen LogP contribution >= 0.6 is 27.3 Å². The van der Waals surface area contributed by atoms with Crippen molar-refractivity contribution in [2.75, 3.05) is 18.4 Å². The number of phenols is 1. The third kappa shape index (κ3) is 4.03. The van der Waals surface area contributed by atoms with Crippen molar-refractivity contribution in [3.05, 3.63) is 68.5 Å². The van der Waals surface area contributed by atoms with Crippen molar-refractivity contribution in [2.24, 2.45) is 10.2 Å². The van der Waals surface area contributed by atoms with Gasteiger partial charge in [0.05, 0.1) is 16.9 Å². The number of carbonyl (C=O) groups is 1. The number of benzene rings is 2. The number of nitrogens with one attached hydrogen (secondary N) is 2. The lowest BCUT2D eigenvalue weighted by Crippen LogP contribution is -2.38. The highest BCUT2D eigenvalue weighted by Gasteiger charge is 2.33. The molecule has 164 valence electrons. The number of carbonyl (C=O) groups excluding carboxylic acids is 1. The minimum atomic E-state index is -0.543. The van der Waals surface area contributed by atoms with E-state index in [9.17, 15) is 9.90 Å². The Balaban J connectivity index is 1.42. The molecule has 0 saturated carbocycles. The third-order valence-electron chi connectivity index (χ3n) is 5.77. The van der Waals surface area contributed by atoms with Gasteiger partial charge in [-0.3, -0.25) is 9.69 Å². The van der Waals surface area contributed by atoms with Gasteiger partial charge in [0.2, 0.25) is 0 Å². The highest BCUT2D eigenvalue weighted by molar-refractivity contribution is 9.10. The molecule has 32 heavy (non-hydrogen) atoms. The number of fused-ring (bicyclic) bond motifs is 3. The monoisotopic (exact) mass is 511 g/mol. The zero-order valence-corrected chi connectivity index (χ0v) is 19.8. The van der Waals surface area contributed by atoms with E-state index in [1.54, 1.807) is 29.5 Å². The Labute approximate surface area is 198 Å². The molecule has 0 spiro atoms. The Bertz CT molecular complexity index is 1230. The highest BCUT2D eigenvalue weighted by Crippen LogP contribution is 2.42. The Morgan fingerprint density at radius 2 is 2.00 bits per heavy atom. The first-order valence-corrected chi connectivity index (χ1v) is 12.1. The van der Waals surface area contributed by atoms with Crippen molar-refractivity contribution in [2.45, 2.75) is 26.1 Å². The average Bonchev–Trinajstić information content (AvgIpc) is 3.16. The molecular formula is C23H22BrN5O2S. The third-order valence-corrected chi connectivity index (χ3v) is 7.41. The van der Waals surface area contributed by atoms with Gasteiger partial charge in [0, 0.05) is 28.0 Å². The van der Waals surface area contributed by atoms with Crippen molar-refractivity contribution in [1.82, 2.24) is 10.2 Å². The summed E-state index contributed by atoms with van der Waals surface area (Å²) >= 11 is 5.06. The van der Waals surface area contributed by atoms with E-state index in [-0.39, 0.29) is 11.7 Å². The van der Waals surface area contributed by atoms with Crippen LogP contribution in [0.15, 0.2) is 57.2 Å². The zero-order chi connectivity index (χ0) is 22.2. The second-order valence-corrected chi connectivity index (χ2v) is 9.82. The molecule has 2 aromatic carbocycles. The van der Waals surface area contributed by atoms with E-state index >= 15 is 0 Å². The van der Waals surface area contributed by atoms with Gasteiger partial charge in [-0.1, -0.05) is 28.9 Å². The number of phenolic OH excluding ortho intramolecular Hbond substituents is 1. The first kappa shape index (κ1) is 21.1. The van der Waals surface area contributed by atoms with Gasteiger partial charge in [-0.05, 0) is 54.9 Å². The normalized spacial score (nSPS) is 18.2. The highest BCUT2D eigenvalue weighted by atomic mass is 79.9. The standard InChI is InChI=1S/C23H22BrN5O2S/c1-2-29-9-8-16-19(12-29)32-23-20(16)22(31)25-21(26-23)17-11-15(6-7-18(17)30)28-27-14-5-3-4-13(24)10-14/h3-7,10-11,21,26,30H,2,8-9,12H2,1H3,(H,25,31)/t21-/m0/s1. The van der Waals surface area contributed by atoms with E-state index in [1.807, 2.05) is 24.3 Å². The molecular weight excluding hydrogens is 490 g/mol. The van der Waals surface area contributed by atoms with Crippen LogP contribution in [0, 0.1) is 0 Å². The van der Waals surface area contributed by atoms with Gasteiger partial charge in [-0.25, -0.2) is 0 Å². The zero-order valence-electron chi connectivity index (χ0n) is 17.4. The van der Waals surface area contributed by atoms with Crippen LogP contribution in [0.4, 0.5) is 16.4 Å². The number of azo groups is 1. The molecule has 2 aliphatic heterocycles. The molecule has 2 aliphatic rings. The Morgan fingerprint density at radius 3 is 2.78 bits per heavy atom. The summed E-state index contributed by atoms with van der Waals surface area (Å²) in [6.45, 7) is 5.00. The van der Waals surface area contributed by atoms with Crippen molar-refractivity contribution in [3.8, 4) is 5.75 Å². The van der Waals surface area contributed by atoms with Crippen LogP contribution in [0.5, 0.6) is 5.75 Å². The first-order chi connectivity index (χ1) is 15.5. The maximum absolute atomic E-state index is 13.0. The van der Waals surface area contributed by atoms with Crippen LogP contribution in [-0.4, -0.2) is 29.0 Å². The summed E-state index contributed by atoms with van der Waals surface area (Å²) in [5.74, 6) is -0.0158. The number of amides is 1. The van der Waals surface area contributed by atoms with Gasteiger partial charge >= 0.3 is 0 Å². The topological polar surface area (TPSA) is 89.3 Å². The van der Waals surface area contributed by atoms with E-state index in [1.165, 1.54) is 4.88 Å². The molecule has 0 aliphatic carbocycles. The molecule has 3 aromatic rings. The molecule has 0 radical (unpaired) electrons. The van der Waals surface area contributed by atoms with Crippen LogP contribution in [-0.2, 0) is 13.0 Å². The van der Waals surface area contributed by atoms with Crippen molar-refractivity contribution in [1.29, 1.82) is 0 Å². The Kier molecular flexibility index (Phi) is 5.71. The number of halogens is 1. The SMILES string of the molecule is CCN1CCc2c(sc3c2C(=O)N[C@H](c2cc(N=Nc4cccc(Br)c4)ccc2O)N3)C1. The van der Waals surface area contributed by atoms with Gasteiger partial charge in [0.25, 0.3) is 5.91 Å². The van der Waals surface area contributed by atoms with E-state index < -0.39 is 6.17 Å². The number of rotatable bonds is 4. The number of nitrogens with zero attached hydrogens (tertiary/aromatic N) is 3. The quantitative estimate of drug-likeness (QED) is 0.382. The molecule has 7 nitrogen and oxygen atoms in total. The molecule has 0 bridgehead atoms. The maximum Gasteiger partial charge on any atom is 0.256 e. The van der Waals surface area contributed by atoms with Gasteiger partial charge < -0.3 is 15.7 Å². The maximum atomic E-state index is 13.0. The number of aromatic hydroxyl groups is 1. The van der Waals surface area contributed by atoms with Crippen LogP contribution in [0.25, 0.3) is 0 Å². The summed E-state index contributed by atoms with van der Waals surface area (Å²) < 4.78 is 0.922. The number of anilines is 1. The Morgan fingerprint density at radius 1 is 1.19 bits per heavy atom. The summed E-state index contributed by atoms with van der Waals surface area (Å²) in [6, 6.07) is 12.6. The van der Waals surface area contributed by atoms with E-state index in [4.69, 9.17) is 0 Å². The number of likely N-dealkylation sites (N-methyl/N-ethyl adjacent to an activating group) is 1. The van der Waals surface area contributed by atoms with E-state index in [2.05, 4.69) is 48.6 Å². The van der Waals surface area contributed by atoms with E-state index in [0.29, 0.717) is 16.9 Å². The van der Waals surface area contributed by atoms with Gasteiger partial charge in [0.15, 0.2) is 0 Å². The molecule has 0 fully saturated rings. The fraction of sp³-hybridized carbons (Fsp3) is 0.261. The van der Waals surface area contributed by atoms with Crippen LogP contribution in [0.1, 0.15) is 39.5 Å². The predicted octanol–water partition coefficient (Wildman–Crippen LogP) is 5.86. The molecule has 1 amide bonds. The van der Waals surface area contributed by atoms with Gasteiger partial charge in [-0.15, -0.1) is 11.3 Å². The minimum absolute atomic E-state index is 0.0890. The lowest BCUT2D eigenvalue weighted by atomic mass is 10.00. The Hall–Kier alpha value is -2.75. The fourth-order valence-electron chi connectivity index (χ4n) is 4.08. The van der Waals surface area contributed by atoms with Crippen LogP contribution < -0.4 is 10.6 Å². The summed E-state index contributed by atoms with van der Waals surface area (Å²) in [7, 11) is 0. The van der Waals surface area contributed by atoms with Crippen LogP contribution in [0.3, 0.4) is 0 Å². The van der Waals surface area contributed by atoms with Gasteiger partial charge in [-0.2, -0.15) is 10.2 Å². The molecule has 9 heteroatoms. The fourth-order valence-corrected chi connectivity index (χ4v) is 5.79. The average molecular weight is 512 g/mol. The molecule has 1 atom stereocenters. The van der Waals surface area contributed by atoms with Crippen molar-refractivity contribution >= 4 is 49.5 Å². The molecule has 1 aromatic heterocycles. The lowest BCUT2D eigenvalue weighted by Gasteiger charge is -2.28. The molecule has 3 N–H and O–H groups in total. The number of hydrogen-bond donors (Lipinski definition) is 3. The second kappa shape index (κ2) is 8.65. The lowest BCUT2D eigenvalue weighted by molar-refractivity contribution is 0.0934. The number of hydrogen-bond acceptors (Lipinski definition) is 7.